The van der Waals surface area contributed by atoms with Crippen LogP contribution in [0.15, 0.2) is 16.6 Å². The van der Waals surface area contributed by atoms with Crippen LogP contribution in [0.4, 0.5) is 21.6 Å². The Morgan fingerprint density at radius 3 is 2.74 bits per heavy atom. The van der Waals surface area contributed by atoms with Crippen LogP contribution in [-0.4, -0.2) is 9.78 Å². The minimum atomic E-state index is -0.281. The van der Waals surface area contributed by atoms with E-state index in [4.69, 9.17) is 5.73 Å². The zero-order valence-electron chi connectivity index (χ0n) is 11.1. The van der Waals surface area contributed by atoms with Gasteiger partial charge in [0.2, 0.25) is 0 Å². The maximum Gasteiger partial charge on any atom is 0.152 e. The molecule has 19 heavy (non-hydrogen) atoms. The van der Waals surface area contributed by atoms with Crippen LogP contribution in [0, 0.1) is 19.7 Å². The van der Waals surface area contributed by atoms with E-state index in [0.29, 0.717) is 16.7 Å². The van der Waals surface area contributed by atoms with Crippen LogP contribution in [0.5, 0.6) is 0 Å². The Labute approximate surface area is 119 Å². The Hall–Kier alpha value is -1.56. The fourth-order valence-corrected chi connectivity index (χ4v) is 2.21. The van der Waals surface area contributed by atoms with Crippen LogP contribution < -0.4 is 11.1 Å². The van der Waals surface area contributed by atoms with Gasteiger partial charge in [0.25, 0.3) is 0 Å². The first-order valence-corrected chi connectivity index (χ1v) is 6.78. The number of nitrogen functional groups attached to an aromatic ring is 1. The number of aryl methyl sites for hydroxylation is 3. The summed E-state index contributed by atoms with van der Waals surface area (Å²) in [6, 6.07) is 3.18. The van der Waals surface area contributed by atoms with Crippen LogP contribution in [0.25, 0.3) is 0 Å². The molecule has 102 valence electrons. The van der Waals surface area contributed by atoms with Crippen molar-refractivity contribution in [1.29, 1.82) is 0 Å². The monoisotopic (exact) mass is 326 g/mol. The van der Waals surface area contributed by atoms with Gasteiger partial charge in [0.05, 0.1) is 15.9 Å². The highest BCUT2D eigenvalue weighted by molar-refractivity contribution is 9.10. The number of halogens is 2. The van der Waals surface area contributed by atoms with Gasteiger partial charge < -0.3 is 11.1 Å². The topological polar surface area (TPSA) is 55.9 Å². The summed E-state index contributed by atoms with van der Waals surface area (Å²) in [6.07, 6.45) is 0. The zero-order chi connectivity index (χ0) is 14.2. The molecule has 1 aromatic heterocycles. The second-order valence-electron chi connectivity index (χ2n) is 4.37. The Balaban J connectivity index is 2.44. The largest absolute Gasteiger partial charge is 0.394 e. The summed E-state index contributed by atoms with van der Waals surface area (Å²) in [7, 11) is 0. The molecule has 2 aromatic rings. The lowest BCUT2D eigenvalue weighted by atomic mass is 10.2. The molecule has 0 unspecified atom stereocenters. The quantitative estimate of drug-likeness (QED) is 0.903. The Bertz CT molecular complexity index is 622. The average Bonchev–Trinajstić information content (AvgIpc) is 2.63. The van der Waals surface area contributed by atoms with Crippen molar-refractivity contribution in [2.24, 2.45) is 0 Å². The molecule has 0 aliphatic heterocycles. The van der Waals surface area contributed by atoms with Crippen molar-refractivity contribution in [3.63, 3.8) is 0 Å². The normalized spacial score (nSPS) is 10.8. The Kier molecular flexibility index (Phi) is 3.80. The van der Waals surface area contributed by atoms with Crippen molar-refractivity contribution in [2.75, 3.05) is 11.1 Å². The standard InChI is InChI=1S/C13H16BrFN4/c1-4-19-13(12(16)8(3)18-19)17-11-6-9(14)10(15)5-7(11)2/h5-6,17H,4,16H2,1-3H3. The van der Waals surface area contributed by atoms with Crippen LogP contribution in [0.2, 0.25) is 0 Å². The van der Waals surface area contributed by atoms with Crippen molar-refractivity contribution in [2.45, 2.75) is 27.3 Å². The fourth-order valence-electron chi connectivity index (χ4n) is 1.86. The van der Waals surface area contributed by atoms with Gasteiger partial charge in [-0.05, 0) is 54.4 Å². The van der Waals surface area contributed by atoms with E-state index in [1.807, 2.05) is 20.8 Å². The molecule has 0 amide bonds. The molecule has 1 aromatic carbocycles. The number of rotatable bonds is 3. The van der Waals surface area contributed by atoms with Crippen LogP contribution >= 0.6 is 15.9 Å². The van der Waals surface area contributed by atoms with Crippen molar-refractivity contribution < 1.29 is 4.39 Å². The molecule has 0 aliphatic rings. The highest BCUT2D eigenvalue weighted by Gasteiger charge is 2.13. The van der Waals surface area contributed by atoms with E-state index in [9.17, 15) is 4.39 Å². The minimum absolute atomic E-state index is 0.281. The van der Waals surface area contributed by atoms with Crippen molar-refractivity contribution >= 4 is 33.1 Å². The highest BCUT2D eigenvalue weighted by atomic mass is 79.9. The van der Waals surface area contributed by atoms with E-state index >= 15 is 0 Å². The number of nitrogens with zero attached hydrogens (tertiary/aromatic N) is 2. The van der Waals surface area contributed by atoms with E-state index in [2.05, 4.69) is 26.3 Å². The van der Waals surface area contributed by atoms with Crippen molar-refractivity contribution in [1.82, 2.24) is 9.78 Å². The third-order valence-corrected chi connectivity index (χ3v) is 3.60. The predicted octanol–water partition coefficient (Wildman–Crippen LogP) is 3.75. The summed E-state index contributed by atoms with van der Waals surface area (Å²) in [5, 5.41) is 7.57. The second-order valence-corrected chi connectivity index (χ2v) is 5.22. The third-order valence-electron chi connectivity index (χ3n) is 2.99. The number of anilines is 3. The van der Waals surface area contributed by atoms with Gasteiger partial charge in [-0.25, -0.2) is 9.07 Å². The van der Waals surface area contributed by atoms with Gasteiger partial charge >= 0.3 is 0 Å². The first-order chi connectivity index (χ1) is 8.93. The minimum Gasteiger partial charge on any atom is -0.394 e. The van der Waals surface area contributed by atoms with Crippen molar-refractivity contribution in [3.8, 4) is 0 Å². The molecule has 4 nitrogen and oxygen atoms in total. The summed E-state index contributed by atoms with van der Waals surface area (Å²) < 4.78 is 15.6. The smallest absolute Gasteiger partial charge is 0.152 e. The average molecular weight is 327 g/mol. The molecular formula is C13H16BrFN4. The molecule has 0 fully saturated rings. The molecular weight excluding hydrogens is 311 g/mol. The van der Waals surface area contributed by atoms with E-state index < -0.39 is 0 Å². The Morgan fingerprint density at radius 1 is 1.42 bits per heavy atom. The molecule has 1 heterocycles. The summed E-state index contributed by atoms with van der Waals surface area (Å²) >= 11 is 3.18. The summed E-state index contributed by atoms with van der Waals surface area (Å²) in [4.78, 5) is 0. The van der Waals surface area contributed by atoms with Gasteiger partial charge in [-0.1, -0.05) is 0 Å². The van der Waals surface area contributed by atoms with Crippen LogP contribution in [-0.2, 0) is 6.54 Å². The van der Waals surface area contributed by atoms with Gasteiger partial charge in [0.1, 0.15) is 5.82 Å². The molecule has 0 saturated carbocycles. The lowest BCUT2D eigenvalue weighted by Gasteiger charge is -2.12. The maximum absolute atomic E-state index is 13.4. The van der Waals surface area contributed by atoms with Gasteiger partial charge in [-0.2, -0.15) is 5.10 Å². The summed E-state index contributed by atoms with van der Waals surface area (Å²) in [6.45, 7) is 6.40. The number of benzene rings is 1. The van der Waals surface area contributed by atoms with E-state index in [0.717, 1.165) is 22.8 Å². The number of hydrogen-bond acceptors (Lipinski definition) is 3. The number of nitrogens with two attached hydrogens (primary N) is 1. The molecule has 3 N–H and O–H groups in total. The summed E-state index contributed by atoms with van der Waals surface area (Å²) in [5.41, 5.74) is 9.01. The first-order valence-electron chi connectivity index (χ1n) is 5.99. The molecule has 2 rings (SSSR count). The molecule has 0 radical (unpaired) electrons. The van der Waals surface area contributed by atoms with Gasteiger partial charge in [-0.15, -0.1) is 0 Å². The van der Waals surface area contributed by atoms with Gasteiger partial charge in [-0.3, -0.25) is 0 Å². The SMILES string of the molecule is CCn1nc(C)c(N)c1Nc1cc(Br)c(F)cc1C. The lowest BCUT2D eigenvalue weighted by molar-refractivity contribution is 0.620. The van der Waals surface area contributed by atoms with Crippen LogP contribution in [0.3, 0.4) is 0 Å². The number of nitrogens with one attached hydrogen (secondary N) is 1. The highest BCUT2D eigenvalue weighted by Crippen LogP contribution is 2.30. The lowest BCUT2D eigenvalue weighted by Crippen LogP contribution is -2.05. The molecule has 0 atom stereocenters. The number of aromatic nitrogens is 2. The maximum atomic E-state index is 13.4. The predicted molar refractivity (Wildman–Crippen MR) is 79.2 cm³/mol. The van der Waals surface area contributed by atoms with Gasteiger partial charge in [0, 0.05) is 12.2 Å². The van der Waals surface area contributed by atoms with E-state index in [1.54, 1.807) is 10.7 Å². The number of hydrogen-bond donors (Lipinski definition) is 2. The molecule has 6 heteroatoms. The molecule has 0 saturated heterocycles. The van der Waals surface area contributed by atoms with Crippen molar-refractivity contribution in [3.05, 3.63) is 33.7 Å². The molecule has 0 bridgehead atoms. The summed E-state index contributed by atoms with van der Waals surface area (Å²) in [5.74, 6) is 0.456. The van der Waals surface area contributed by atoms with E-state index in [1.165, 1.54) is 6.07 Å². The van der Waals surface area contributed by atoms with Gasteiger partial charge in [0.15, 0.2) is 5.82 Å². The Morgan fingerprint density at radius 2 is 2.11 bits per heavy atom. The third kappa shape index (κ3) is 2.58. The second kappa shape index (κ2) is 5.21. The fraction of sp³-hybridized carbons (Fsp3) is 0.308. The first kappa shape index (κ1) is 13.9. The van der Waals surface area contributed by atoms with Crippen LogP contribution in [0.1, 0.15) is 18.2 Å². The molecule has 0 spiro atoms. The molecule has 0 aliphatic carbocycles. The zero-order valence-corrected chi connectivity index (χ0v) is 12.7. The van der Waals surface area contributed by atoms with E-state index in [-0.39, 0.29) is 5.82 Å².